The summed E-state index contributed by atoms with van der Waals surface area (Å²) in [5.41, 5.74) is 1.37. The average molecular weight is 287 g/mol. The molecule has 0 spiro atoms. The Morgan fingerprint density at radius 2 is 2.00 bits per heavy atom. The van der Waals surface area contributed by atoms with Crippen LogP contribution in [-0.4, -0.2) is 12.6 Å². The molecule has 1 aromatic rings. The Kier molecular flexibility index (Phi) is 4.54. The van der Waals surface area contributed by atoms with E-state index in [9.17, 15) is 0 Å². The molecule has 0 amide bonds. The van der Waals surface area contributed by atoms with Crippen molar-refractivity contribution in [2.45, 2.75) is 58.6 Å². The van der Waals surface area contributed by atoms with Gasteiger partial charge in [0.25, 0.3) is 0 Å². The maximum atomic E-state index is 6.07. The van der Waals surface area contributed by atoms with Crippen LogP contribution in [0.25, 0.3) is 0 Å². The Hall–Kier alpha value is -1.02. The van der Waals surface area contributed by atoms with Gasteiger partial charge in [-0.25, -0.2) is 0 Å². The number of ether oxygens (including phenoxy) is 1. The highest BCUT2D eigenvalue weighted by molar-refractivity contribution is 5.37. The molecule has 2 fully saturated rings. The molecule has 2 aliphatic rings. The number of rotatable bonds is 6. The first-order chi connectivity index (χ1) is 10.2. The summed E-state index contributed by atoms with van der Waals surface area (Å²) in [5.74, 6) is 3.77. The fourth-order valence-corrected chi connectivity index (χ4v) is 4.51. The third-order valence-corrected chi connectivity index (χ3v) is 5.26. The lowest BCUT2D eigenvalue weighted by molar-refractivity contribution is 0.220. The lowest BCUT2D eigenvalue weighted by Crippen LogP contribution is -2.32. The first-order valence-corrected chi connectivity index (χ1v) is 8.68. The minimum atomic E-state index is 0.230. The molecular weight excluding hydrogens is 258 g/mol. The van der Waals surface area contributed by atoms with Crippen LogP contribution in [0.4, 0.5) is 0 Å². The van der Waals surface area contributed by atoms with Crippen molar-refractivity contribution in [2.24, 2.45) is 17.8 Å². The van der Waals surface area contributed by atoms with Gasteiger partial charge in [0.05, 0.1) is 6.10 Å². The molecule has 116 valence electrons. The zero-order valence-corrected chi connectivity index (χ0v) is 13.6. The summed E-state index contributed by atoms with van der Waals surface area (Å²) in [5, 5.41) is 3.76. The van der Waals surface area contributed by atoms with Gasteiger partial charge in [-0.15, -0.1) is 0 Å². The monoisotopic (exact) mass is 287 g/mol. The maximum Gasteiger partial charge on any atom is 0.124 e. The Bertz CT molecular complexity index is 470. The largest absolute Gasteiger partial charge is 0.491 e. The van der Waals surface area contributed by atoms with E-state index in [-0.39, 0.29) is 6.10 Å². The first-order valence-electron chi connectivity index (χ1n) is 8.68. The lowest BCUT2D eigenvalue weighted by Gasteiger charge is -2.32. The van der Waals surface area contributed by atoms with E-state index in [4.69, 9.17) is 4.74 Å². The molecule has 4 atom stereocenters. The van der Waals surface area contributed by atoms with Crippen LogP contribution in [0.3, 0.4) is 0 Å². The molecule has 0 aromatic heterocycles. The lowest BCUT2D eigenvalue weighted by atomic mass is 9.80. The highest BCUT2D eigenvalue weighted by Crippen LogP contribution is 2.53. The van der Waals surface area contributed by atoms with Crippen molar-refractivity contribution >= 4 is 0 Å². The Morgan fingerprint density at radius 1 is 1.19 bits per heavy atom. The summed E-state index contributed by atoms with van der Waals surface area (Å²) in [6.07, 6.45) is 5.99. The molecule has 1 aromatic carbocycles. The average Bonchev–Trinajstić information content (AvgIpc) is 3.08. The van der Waals surface area contributed by atoms with E-state index >= 15 is 0 Å². The van der Waals surface area contributed by atoms with Gasteiger partial charge in [-0.1, -0.05) is 31.5 Å². The van der Waals surface area contributed by atoms with Crippen LogP contribution in [0.2, 0.25) is 0 Å². The standard InChI is InChI=1S/C19H29NO/c1-4-20-19(17-12-14-9-10-15(17)11-14)16-7-5-6-8-18(16)21-13(2)3/h5-8,13-15,17,19-20H,4,9-12H2,1-3H3. The van der Waals surface area contributed by atoms with Gasteiger partial charge in [0.15, 0.2) is 0 Å². The van der Waals surface area contributed by atoms with Crippen LogP contribution >= 0.6 is 0 Å². The van der Waals surface area contributed by atoms with Crippen LogP contribution in [0.15, 0.2) is 24.3 Å². The van der Waals surface area contributed by atoms with Gasteiger partial charge in [0.1, 0.15) is 5.75 Å². The molecule has 3 rings (SSSR count). The van der Waals surface area contributed by atoms with E-state index in [0.29, 0.717) is 6.04 Å². The van der Waals surface area contributed by atoms with Crippen molar-refractivity contribution < 1.29 is 4.74 Å². The van der Waals surface area contributed by atoms with E-state index in [0.717, 1.165) is 30.0 Å². The van der Waals surface area contributed by atoms with Crippen LogP contribution in [0.1, 0.15) is 58.1 Å². The number of nitrogens with one attached hydrogen (secondary N) is 1. The molecule has 2 saturated carbocycles. The highest BCUT2D eigenvalue weighted by Gasteiger charge is 2.43. The second kappa shape index (κ2) is 6.39. The van der Waals surface area contributed by atoms with E-state index in [1.165, 1.54) is 31.2 Å². The second-order valence-electron chi connectivity index (χ2n) is 7.08. The zero-order chi connectivity index (χ0) is 14.8. The number of hydrogen-bond acceptors (Lipinski definition) is 2. The Morgan fingerprint density at radius 3 is 2.62 bits per heavy atom. The highest BCUT2D eigenvalue weighted by atomic mass is 16.5. The fraction of sp³-hybridized carbons (Fsp3) is 0.684. The van der Waals surface area contributed by atoms with Crippen molar-refractivity contribution in [3.8, 4) is 5.75 Å². The Balaban J connectivity index is 1.87. The van der Waals surface area contributed by atoms with Gasteiger partial charge in [0.2, 0.25) is 0 Å². The zero-order valence-electron chi connectivity index (χ0n) is 13.6. The molecule has 0 heterocycles. The molecule has 2 nitrogen and oxygen atoms in total. The fourth-order valence-electron chi connectivity index (χ4n) is 4.51. The van der Waals surface area contributed by atoms with Crippen LogP contribution in [0, 0.1) is 17.8 Å². The van der Waals surface area contributed by atoms with Gasteiger partial charge in [0, 0.05) is 11.6 Å². The van der Waals surface area contributed by atoms with E-state index in [1.54, 1.807) is 0 Å². The number of fused-ring (bicyclic) bond motifs is 2. The minimum Gasteiger partial charge on any atom is -0.491 e. The predicted octanol–water partition coefficient (Wildman–Crippen LogP) is 4.56. The van der Waals surface area contributed by atoms with Crippen molar-refractivity contribution in [1.29, 1.82) is 0 Å². The van der Waals surface area contributed by atoms with Gasteiger partial charge >= 0.3 is 0 Å². The maximum absolute atomic E-state index is 6.07. The summed E-state index contributed by atoms with van der Waals surface area (Å²) in [7, 11) is 0. The molecule has 0 aliphatic heterocycles. The molecule has 4 unspecified atom stereocenters. The molecular formula is C19H29NO. The quantitative estimate of drug-likeness (QED) is 0.828. The summed E-state index contributed by atoms with van der Waals surface area (Å²) in [4.78, 5) is 0. The van der Waals surface area contributed by atoms with Crippen molar-refractivity contribution in [1.82, 2.24) is 5.32 Å². The minimum absolute atomic E-state index is 0.230. The van der Waals surface area contributed by atoms with E-state index in [2.05, 4.69) is 50.4 Å². The predicted molar refractivity (Wildman–Crippen MR) is 87.6 cm³/mol. The Labute approximate surface area is 129 Å². The van der Waals surface area contributed by atoms with E-state index < -0.39 is 0 Å². The topological polar surface area (TPSA) is 21.3 Å². The van der Waals surface area contributed by atoms with Crippen LogP contribution in [-0.2, 0) is 0 Å². The van der Waals surface area contributed by atoms with Gasteiger partial charge < -0.3 is 10.1 Å². The molecule has 2 bridgehead atoms. The van der Waals surface area contributed by atoms with Crippen LogP contribution in [0.5, 0.6) is 5.75 Å². The third kappa shape index (κ3) is 3.11. The SMILES string of the molecule is CCNC(c1ccccc1OC(C)C)C1CC2CCC1C2. The first kappa shape index (κ1) is 14.9. The molecule has 0 radical (unpaired) electrons. The van der Waals surface area contributed by atoms with Gasteiger partial charge in [-0.05, 0) is 63.5 Å². The molecule has 0 saturated heterocycles. The molecule has 2 heteroatoms. The van der Waals surface area contributed by atoms with E-state index in [1.807, 2.05) is 0 Å². The summed E-state index contributed by atoms with van der Waals surface area (Å²) < 4.78 is 6.07. The van der Waals surface area contributed by atoms with Crippen molar-refractivity contribution in [2.75, 3.05) is 6.54 Å². The van der Waals surface area contributed by atoms with Crippen molar-refractivity contribution in [3.63, 3.8) is 0 Å². The van der Waals surface area contributed by atoms with Crippen molar-refractivity contribution in [3.05, 3.63) is 29.8 Å². The second-order valence-corrected chi connectivity index (χ2v) is 7.08. The normalized spacial score (nSPS) is 29.0. The number of benzene rings is 1. The number of hydrogen-bond donors (Lipinski definition) is 1. The molecule has 1 N–H and O–H groups in total. The summed E-state index contributed by atoms with van der Waals surface area (Å²) in [6, 6.07) is 9.09. The smallest absolute Gasteiger partial charge is 0.124 e. The number of para-hydroxylation sites is 1. The molecule has 2 aliphatic carbocycles. The third-order valence-electron chi connectivity index (χ3n) is 5.26. The van der Waals surface area contributed by atoms with Gasteiger partial charge in [-0.2, -0.15) is 0 Å². The van der Waals surface area contributed by atoms with Gasteiger partial charge in [-0.3, -0.25) is 0 Å². The summed E-state index contributed by atoms with van der Waals surface area (Å²) in [6.45, 7) is 7.45. The molecule has 21 heavy (non-hydrogen) atoms. The van der Waals surface area contributed by atoms with Crippen LogP contribution < -0.4 is 10.1 Å². The summed E-state index contributed by atoms with van der Waals surface area (Å²) >= 11 is 0.